The van der Waals surface area contributed by atoms with E-state index in [1.165, 1.54) is 6.20 Å². The number of carbonyl (C=O) groups is 1. The predicted molar refractivity (Wildman–Crippen MR) is 57.7 cm³/mol. The lowest BCUT2D eigenvalue weighted by molar-refractivity contribution is 0.0994. The first kappa shape index (κ1) is 9.97. The lowest BCUT2D eigenvalue weighted by Crippen LogP contribution is -2.11. The molecule has 0 bridgehead atoms. The highest BCUT2D eigenvalue weighted by Gasteiger charge is 2.15. The molecular weight excluding hydrogens is 262 g/mol. The molecule has 0 radical (unpaired) electrons. The fraction of sp³-hybridized carbons (Fsp3) is 0.111. The van der Waals surface area contributed by atoms with E-state index in [4.69, 9.17) is 4.42 Å². The Hall–Kier alpha value is -1.56. The second-order valence-corrected chi connectivity index (χ2v) is 3.79. The van der Waals surface area contributed by atoms with Gasteiger partial charge in [0, 0.05) is 11.8 Å². The molecule has 2 N–H and O–H groups in total. The molecule has 15 heavy (non-hydrogen) atoms. The number of aromatic amines is 1. The van der Waals surface area contributed by atoms with Crippen LogP contribution in [-0.2, 0) is 0 Å². The molecule has 6 heteroatoms. The zero-order valence-electron chi connectivity index (χ0n) is 7.87. The van der Waals surface area contributed by atoms with Crippen molar-refractivity contribution in [2.45, 2.75) is 6.92 Å². The van der Waals surface area contributed by atoms with Crippen molar-refractivity contribution in [3.05, 3.63) is 34.5 Å². The molecule has 0 saturated heterocycles. The van der Waals surface area contributed by atoms with Gasteiger partial charge in [0.1, 0.15) is 0 Å². The fourth-order valence-electron chi connectivity index (χ4n) is 1.18. The monoisotopic (exact) mass is 269 g/mol. The molecule has 0 unspecified atom stereocenters. The number of furan rings is 1. The summed E-state index contributed by atoms with van der Waals surface area (Å²) in [6, 6.07) is 1.74. The Kier molecular flexibility index (Phi) is 2.59. The normalized spacial score (nSPS) is 10.3. The Labute approximate surface area is 94.0 Å². The van der Waals surface area contributed by atoms with Crippen molar-refractivity contribution in [3.63, 3.8) is 0 Å². The van der Waals surface area contributed by atoms with Crippen LogP contribution in [0.3, 0.4) is 0 Å². The molecule has 0 saturated carbocycles. The topological polar surface area (TPSA) is 70.9 Å². The number of H-pyrrole nitrogens is 1. The number of rotatable bonds is 2. The van der Waals surface area contributed by atoms with Crippen molar-refractivity contribution in [1.29, 1.82) is 0 Å². The SMILES string of the molecule is Cc1cc(Br)oc1C(=O)Nc1cn[nH]c1. The zero-order chi connectivity index (χ0) is 10.8. The average Bonchev–Trinajstić information content (AvgIpc) is 2.75. The molecule has 0 aliphatic heterocycles. The number of aromatic nitrogens is 2. The van der Waals surface area contributed by atoms with E-state index in [-0.39, 0.29) is 5.91 Å². The van der Waals surface area contributed by atoms with Crippen molar-refractivity contribution >= 4 is 27.5 Å². The van der Waals surface area contributed by atoms with E-state index in [1.54, 1.807) is 19.2 Å². The first-order valence-corrected chi connectivity index (χ1v) is 5.02. The van der Waals surface area contributed by atoms with E-state index in [0.29, 0.717) is 16.1 Å². The van der Waals surface area contributed by atoms with Gasteiger partial charge in [-0.05, 0) is 28.9 Å². The summed E-state index contributed by atoms with van der Waals surface area (Å²) in [4.78, 5) is 11.7. The maximum Gasteiger partial charge on any atom is 0.291 e. The Balaban J connectivity index is 2.18. The molecule has 5 nitrogen and oxygen atoms in total. The van der Waals surface area contributed by atoms with Crippen molar-refractivity contribution in [3.8, 4) is 0 Å². The highest BCUT2D eigenvalue weighted by atomic mass is 79.9. The molecule has 0 aliphatic rings. The highest BCUT2D eigenvalue weighted by Crippen LogP contribution is 2.20. The van der Waals surface area contributed by atoms with Gasteiger partial charge in [-0.25, -0.2) is 0 Å². The largest absolute Gasteiger partial charge is 0.444 e. The van der Waals surface area contributed by atoms with Crippen LogP contribution in [-0.4, -0.2) is 16.1 Å². The van der Waals surface area contributed by atoms with Crippen molar-refractivity contribution < 1.29 is 9.21 Å². The van der Waals surface area contributed by atoms with Crippen LogP contribution in [0.1, 0.15) is 16.1 Å². The zero-order valence-corrected chi connectivity index (χ0v) is 9.46. The molecule has 2 rings (SSSR count). The minimum atomic E-state index is -0.292. The Morgan fingerprint density at radius 3 is 3.00 bits per heavy atom. The number of aryl methyl sites for hydroxylation is 1. The van der Waals surface area contributed by atoms with Gasteiger partial charge >= 0.3 is 0 Å². The minimum Gasteiger partial charge on any atom is -0.444 e. The first-order valence-electron chi connectivity index (χ1n) is 4.23. The summed E-state index contributed by atoms with van der Waals surface area (Å²) < 4.78 is 5.74. The van der Waals surface area contributed by atoms with Gasteiger partial charge in [0.15, 0.2) is 10.4 Å². The third-order valence-electron chi connectivity index (χ3n) is 1.85. The van der Waals surface area contributed by atoms with Crippen LogP contribution in [0.25, 0.3) is 0 Å². The van der Waals surface area contributed by atoms with Crippen LogP contribution < -0.4 is 5.32 Å². The Morgan fingerprint density at radius 1 is 1.67 bits per heavy atom. The summed E-state index contributed by atoms with van der Waals surface area (Å²) in [5.74, 6) is 0.00248. The van der Waals surface area contributed by atoms with Gasteiger partial charge in [0.05, 0.1) is 11.9 Å². The van der Waals surface area contributed by atoms with Gasteiger partial charge in [-0.1, -0.05) is 0 Å². The van der Waals surface area contributed by atoms with Crippen LogP contribution in [0, 0.1) is 6.92 Å². The molecule has 1 amide bonds. The number of amides is 1. The number of nitrogens with one attached hydrogen (secondary N) is 2. The standard InChI is InChI=1S/C9H8BrN3O2/c1-5-2-7(10)15-8(5)9(14)13-6-3-11-12-4-6/h2-4H,1H3,(H,11,12)(H,13,14). The summed E-state index contributed by atoms with van der Waals surface area (Å²) in [5, 5.41) is 8.96. The van der Waals surface area contributed by atoms with Crippen LogP contribution in [0.5, 0.6) is 0 Å². The summed E-state index contributed by atoms with van der Waals surface area (Å²) >= 11 is 3.16. The summed E-state index contributed by atoms with van der Waals surface area (Å²) in [7, 11) is 0. The van der Waals surface area contributed by atoms with Gasteiger partial charge < -0.3 is 9.73 Å². The molecule has 0 spiro atoms. The predicted octanol–water partition coefficient (Wildman–Crippen LogP) is 2.33. The van der Waals surface area contributed by atoms with Gasteiger partial charge in [-0.3, -0.25) is 9.89 Å². The maximum absolute atomic E-state index is 11.7. The molecule has 0 atom stereocenters. The molecule has 78 valence electrons. The molecule has 2 aromatic rings. The lowest BCUT2D eigenvalue weighted by Gasteiger charge is -1.99. The van der Waals surface area contributed by atoms with E-state index in [1.807, 2.05) is 0 Å². The fourth-order valence-corrected chi connectivity index (χ4v) is 1.68. The van der Waals surface area contributed by atoms with Gasteiger partial charge in [-0.2, -0.15) is 5.10 Å². The lowest BCUT2D eigenvalue weighted by atomic mass is 10.2. The first-order chi connectivity index (χ1) is 7.16. The Morgan fingerprint density at radius 2 is 2.47 bits per heavy atom. The van der Waals surface area contributed by atoms with Crippen molar-refractivity contribution in [2.24, 2.45) is 0 Å². The number of hydrogen-bond donors (Lipinski definition) is 2. The summed E-state index contributed by atoms with van der Waals surface area (Å²) in [5.41, 5.74) is 1.38. The maximum atomic E-state index is 11.7. The molecular formula is C9H8BrN3O2. The van der Waals surface area contributed by atoms with E-state index < -0.39 is 0 Å². The molecule has 2 heterocycles. The van der Waals surface area contributed by atoms with E-state index in [0.717, 1.165) is 5.56 Å². The third-order valence-corrected chi connectivity index (χ3v) is 2.24. The second kappa shape index (κ2) is 3.90. The van der Waals surface area contributed by atoms with Crippen molar-refractivity contribution in [2.75, 3.05) is 5.32 Å². The number of halogens is 1. The molecule has 0 aliphatic carbocycles. The molecule has 0 aromatic carbocycles. The number of nitrogens with zero attached hydrogens (tertiary/aromatic N) is 1. The highest BCUT2D eigenvalue weighted by molar-refractivity contribution is 9.10. The van der Waals surface area contributed by atoms with Crippen LogP contribution in [0.4, 0.5) is 5.69 Å². The smallest absolute Gasteiger partial charge is 0.291 e. The number of carbonyl (C=O) groups excluding carboxylic acids is 1. The van der Waals surface area contributed by atoms with Crippen molar-refractivity contribution in [1.82, 2.24) is 10.2 Å². The van der Waals surface area contributed by atoms with Crippen LogP contribution in [0.2, 0.25) is 0 Å². The van der Waals surface area contributed by atoms with Gasteiger partial charge in [-0.15, -0.1) is 0 Å². The summed E-state index contributed by atoms with van der Waals surface area (Å²) in [6.07, 6.45) is 3.11. The van der Waals surface area contributed by atoms with Gasteiger partial charge in [0.25, 0.3) is 5.91 Å². The minimum absolute atomic E-state index is 0.292. The quantitative estimate of drug-likeness (QED) is 0.879. The van der Waals surface area contributed by atoms with E-state index in [9.17, 15) is 4.79 Å². The number of anilines is 1. The Bertz CT molecular complexity index is 476. The average molecular weight is 270 g/mol. The van der Waals surface area contributed by atoms with Crippen LogP contribution in [0.15, 0.2) is 27.5 Å². The van der Waals surface area contributed by atoms with Gasteiger partial charge in [0.2, 0.25) is 0 Å². The van der Waals surface area contributed by atoms with E-state index in [2.05, 4.69) is 31.4 Å². The second-order valence-electron chi connectivity index (χ2n) is 3.00. The molecule has 2 aromatic heterocycles. The summed E-state index contributed by atoms with van der Waals surface area (Å²) in [6.45, 7) is 1.80. The third kappa shape index (κ3) is 2.10. The van der Waals surface area contributed by atoms with E-state index >= 15 is 0 Å². The number of hydrogen-bond acceptors (Lipinski definition) is 3. The molecule has 0 fully saturated rings. The van der Waals surface area contributed by atoms with Crippen LogP contribution >= 0.6 is 15.9 Å².